The van der Waals surface area contributed by atoms with Crippen molar-refractivity contribution < 1.29 is 24.9 Å². The fourth-order valence-electron chi connectivity index (χ4n) is 2.20. The molecule has 1 amide bonds. The van der Waals surface area contributed by atoms with Crippen LogP contribution in [0.3, 0.4) is 0 Å². The Morgan fingerprint density at radius 2 is 1.57 bits per heavy atom. The average Bonchev–Trinajstić information content (AvgIpc) is 2.54. The predicted octanol–water partition coefficient (Wildman–Crippen LogP) is 1.64. The van der Waals surface area contributed by atoms with E-state index in [1.165, 1.54) is 17.0 Å². The van der Waals surface area contributed by atoms with Crippen molar-refractivity contribution in [3.8, 4) is 0 Å². The Balaban J connectivity index is 2.16. The Morgan fingerprint density at radius 3 is 2.09 bits per heavy atom. The second-order valence-corrected chi connectivity index (χ2v) is 5.13. The van der Waals surface area contributed by atoms with Crippen LogP contribution in [0.1, 0.15) is 38.1 Å². The molecule has 3 N–H and O–H groups in total. The van der Waals surface area contributed by atoms with Crippen LogP contribution in [0.4, 0.5) is 0 Å². The van der Waals surface area contributed by atoms with Gasteiger partial charge in [-0.3, -0.25) is 4.79 Å². The van der Waals surface area contributed by atoms with E-state index in [0.29, 0.717) is 5.56 Å². The molecule has 0 aliphatic carbocycles. The second kappa shape index (κ2) is 7.04. The van der Waals surface area contributed by atoms with Gasteiger partial charge >= 0.3 is 5.97 Å². The summed E-state index contributed by atoms with van der Waals surface area (Å²) in [5, 5.41) is 27.3. The van der Waals surface area contributed by atoms with Gasteiger partial charge in [0, 0.05) is 19.2 Å². The van der Waals surface area contributed by atoms with Gasteiger partial charge < -0.3 is 20.2 Å². The number of aliphatic hydroxyl groups excluding tert-OH is 1. The van der Waals surface area contributed by atoms with Crippen molar-refractivity contribution in [2.45, 2.75) is 12.8 Å². The standard InChI is InChI=1S/C17H17NO5/c1-18(10-11-6-8-12(9-7-11)16(20)21)15(19)13-4-2-3-5-14(13)17(22)23/h2-9,16,20-21H,10H2,1H3,(H,22,23). The molecule has 2 aromatic carbocycles. The van der Waals surface area contributed by atoms with Crippen LogP contribution in [-0.2, 0) is 6.54 Å². The minimum absolute atomic E-state index is 0.0388. The topological polar surface area (TPSA) is 98.1 Å². The fourth-order valence-corrected chi connectivity index (χ4v) is 2.20. The van der Waals surface area contributed by atoms with Crippen molar-refractivity contribution in [3.05, 3.63) is 70.8 Å². The van der Waals surface area contributed by atoms with Gasteiger partial charge in [0.1, 0.15) is 0 Å². The molecule has 0 aliphatic heterocycles. The number of rotatable bonds is 5. The second-order valence-electron chi connectivity index (χ2n) is 5.13. The van der Waals surface area contributed by atoms with Gasteiger partial charge in [0.15, 0.2) is 6.29 Å². The molecule has 0 saturated carbocycles. The highest BCUT2D eigenvalue weighted by atomic mass is 16.5. The zero-order valence-electron chi connectivity index (χ0n) is 12.5. The summed E-state index contributed by atoms with van der Waals surface area (Å²) in [5.41, 5.74) is 1.24. The Bertz CT molecular complexity index is 709. The molecule has 0 spiro atoms. The van der Waals surface area contributed by atoms with Gasteiger partial charge in [0.25, 0.3) is 5.91 Å². The lowest BCUT2D eigenvalue weighted by Gasteiger charge is -2.18. The highest BCUT2D eigenvalue weighted by Gasteiger charge is 2.19. The van der Waals surface area contributed by atoms with Crippen LogP contribution >= 0.6 is 0 Å². The molecule has 0 bridgehead atoms. The van der Waals surface area contributed by atoms with E-state index >= 15 is 0 Å². The number of benzene rings is 2. The summed E-state index contributed by atoms with van der Waals surface area (Å²) in [6.45, 7) is 0.272. The molecule has 0 atom stereocenters. The van der Waals surface area contributed by atoms with Crippen molar-refractivity contribution in [3.63, 3.8) is 0 Å². The summed E-state index contributed by atoms with van der Waals surface area (Å²) >= 11 is 0. The van der Waals surface area contributed by atoms with Gasteiger partial charge in [-0.2, -0.15) is 0 Å². The lowest BCUT2D eigenvalue weighted by Crippen LogP contribution is -2.27. The number of carbonyl (C=O) groups is 2. The first kappa shape index (κ1) is 16.7. The van der Waals surface area contributed by atoms with Gasteiger partial charge in [-0.15, -0.1) is 0 Å². The summed E-state index contributed by atoms with van der Waals surface area (Å²) in [4.78, 5) is 25.0. The van der Waals surface area contributed by atoms with Crippen molar-refractivity contribution >= 4 is 11.9 Å². The molecular formula is C17H17NO5. The molecule has 6 nitrogen and oxygen atoms in total. The number of carboxylic acid groups (broad SMARTS) is 1. The van der Waals surface area contributed by atoms with E-state index in [-0.39, 0.29) is 17.7 Å². The Morgan fingerprint density at radius 1 is 1.00 bits per heavy atom. The number of hydrogen-bond acceptors (Lipinski definition) is 4. The number of hydrogen-bond donors (Lipinski definition) is 3. The van der Waals surface area contributed by atoms with Gasteiger partial charge in [-0.05, 0) is 17.7 Å². The molecule has 0 unspecified atom stereocenters. The number of carbonyl (C=O) groups excluding carboxylic acids is 1. The molecule has 0 aromatic heterocycles. The Hall–Kier alpha value is -2.70. The van der Waals surface area contributed by atoms with Crippen molar-refractivity contribution in [1.82, 2.24) is 4.90 Å². The van der Waals surface area contributed by atoms with Crippen LogP contribution in [-0.4, -0.2) is 39.1 Å². The molecule has 120 valence electrons. The third kappa shape index (κ3) is 3.94. The normalized spacial score (nSPS) is 10.6. The third-order valence-electron chi connectivity index (χ3n) is 3.43. The van der Waals surface area contributed by atoms with E-state index in [2.05, 4.69) is 0 Å². The monoisotopic (exact) mass is 315 g/mol. The number of nitrogens with zero attached hydrogens (tertiary/aromatic N) is 1. The molecule has 6 heteroatoms. The largest absolute Gasteiger partial charge is 0.478 e. The SMILES string of the molecule is CN(Cc1ccc(C(O)O)cc1)C(=O)c1ccccc1C(=O)O. The molecule has 2 rings (SSSR count). The Labute approximate surface area is 133 Å². The van der Waals surface area contributed by atoms with Crippen LogP contribution in [0.15, 0.2) is 48.5 Å². The summed E-state index contributed by atoms with van der Waals surface area (Å²) in [7, 11) is 1.58. The van der Waals surface area contributed by atoms with E-state index in [4.69, 9.17) is 15.3 Å². The molecule has 0 heterocycles. The minimum Gasteiger partial charge on any atom is -0.478 e. The molecule has 0 radical (unpaired) electrons. The predicted molar refractivity (Wildman–Crippen MR) is 82.8 cm³/mol. The van der Waals surface area contributed by atoms with Crippen LogP contribution < -0.4 is 0 Å². The van der Waals surface area contributed by atoms with Crippen molar-refractivity contribution in [1.29, 1.82) is 0 Å². The number of carboxylic acids is 1. The summed E-state index contributed by atoms with van der Waals surface area (Å²) < 4.78 is 0. The smallest absolute Gasteiger partial charge is 0.336 e. The van der Waals surface area contributed by atoms with Crippen molar-refractivity contribution in [2.24, 2.45) is 0 Å². The van der Waals surface area contributed by atoms with Crippen LogP contribution in [0.2, 0.25) is 0 Å². The molecule has 2 aromatic rings. The van der Waals surface area contributed by atoms with Gasteiger partial charge in [0.05, 0.1) is 11.1 Å². The number of amides is 1. The first-order valence-electron chi connectivity index (χ1n) is 6.93. The van der Waals surface area contributed by atoms with Crippen LogP contribution in [0.25, 0.3) is 0 Å². The lowest BCUT2D eigenvalue weighted by molar-refractivity contribution is -0.0425. The average molecular weight is 315 g/mol. The van der Waals surface area contributed by atoms with E-state index in [1.807, 2.05) is 0 Å². The van der Waals surface area contributed by atoms with E-state index < -0.39 is 18.2 Å². The number of aliphatic hydroxyl groups is 2. The zero-order valence-corrected chi connectivity index (χ0v) is 12.5. The maximum absolute atomic E-state index is 12.4. The van der Waals surface area contributed by atoms with E-state index in [0.717, 1.165) is 5.56 Å². The molecule has 0 aliphatic rings. The lowest BCUT2D eigenvalue weighted by atomic mass is 10.1. The molecule has 0 fully saturated rings. The fraction of sp³-hybridized carbons (Fsp3) is 0.176. The van der Waals surface area contributed by atoms with Gasteiger partial charge in [0.2, 0.25) is 0 Å². The summed E-state index contributed by atoms with van der Waals surface area (Å²) in [5.74, 6) is -1.54. The Kier molecular flexibility index (Phi) is 5.10. The maximum atomic E-state index is 12.4. The van der Waals surface area contributed by atoms with Crippen LogP contribution in [0, 0.1) is 0 Å². The van der Waals surface area contributed by atoms with Crippen LogP contribution in [0.5, 0.6) is 0 Å². The first-order valence-corrected chi connectivity index (χ1v) is 6.93. The van der Waals surface area contributed by atoms with Crippen molar-refractivity contribution in [2.75, 3.05) is 7.05 Å². The maximum Gasteiger partial charge on any atom is 0.336 e. The quantitative estimate of drug-likeness (QED) is 0.729. The van der Waals surface area contributed by atoms with Gasteiger partial charge in [-0.1, -0.05) is 36.4 Å². The number of aromatic carboxylic acids is 1. The third-order valence-corrected chi connectivity index (χ3v) is 3.43. The summed E-state index contributed by atoms with van der Waals surface area (Å²) in [6, 6.07) is 12.5. The summed E-state index contributed by atoms with van der Waals surface area (Å²) in [6.07, 6.45) is -1.54. The minimum atomic E-state index is -1.54. The highest BCUT2D eigenvalue weighted by Crippen LogP contribution is 2.15. The molecule has 23 heavy (non-hydrogen) atoms. The van der Waals surface area contributed by atoms with E-state index in [9.17, 15) is 9.59 Å². The highest BCUT2D eigenvalue weighted by molar-refractivity contribution is 6.04. The van der Waals surface area contributed by atoms with E-state index in [1.54, 1.807) is 43.4 Å². The van der Waals surface area contributed by atoms with Gasteiger partial charge in [-0.25, -0.2) is 4.79 Å². The molecular weight excluding hydrogens is 298 g/mol. The first-order chi connectivity index (χ1) is 10.9. The molecule has 0 saturated heterocycles. The zero-order chi connectivity index (χ0) is 17.0.